The highest BCUT2D eigenvalue weighted by molar-refractivity contribution is 5.95. The summed E-state index contributed by atoms with van der Waals surface area (Å²) in [5, 5.41) is 7.04. The van der Waals surface area contributed by atoms with Crippen molar-refractivity contribution in [2.75, 3.05) is 19.7 Å². The van der Waals surface area contributed by atoms with Crippen LogP contribution in [0.3, 0.4) is 0 Å². The molecule has 1 aliphatic rings. The van der Waals surface area contributed by atoms with Gasteiger partial charge >= 0.3 is 0 Å². The first-order valence-electron chi connectivity index (χ1n) is 7.05. The van der Waals surface area contributed by atoms with E-state index in [-0.39, 0.29) is 12.0 Å². The number of hydrogen-bond donors (Lipinski definition) is 1. The predicted molar refractivity (Wildman–Crippen MR) is 73.8 cm³/mol. The zero-order chi connectivity index (χ0) is 14.8. The van der Waals surface area contributed by atoms with Crippen LogP contribution >= 0.6 is 0 Å². The summed E-state index contributed by atoms with van der Waals surface area (Å²) in [7, 11) is 0. The fraction of sp³-hybridized carbons (Fsp3) is 0.500. The average molecular weight is 290 g/mol. The monoisotopic (exact) mass is 290 g/mol. The molecule has 21 heavy (non-hydrogen) atoms. The van der Waals surface area contributed by atoms with Gasteiger partial charge in [-0.3, -0.25) is 9.89 Å². The second-order valence-corrected chi connectivity index (χ2v) is 4.99. The van der Waals surface area contributed by atoms with Crippen LogP contribution in [0.2, 0.25) is 0 Å². The van der Waals surface area contributed by atoms with Gasteiger partial charge in [0.05, 0.1) is 25.0 Å². The van der Waals surface area contributed by atoms with E-state index >= 15 is 0 Å². The molecule has 2 aromatic heterocycles. The zero-order valence-electron chi connectivity index (χ0n) is 12.1. The highest BCUT2D eigenvalue weighted by Gasteiger charge is 2.29. The Balaban J connectivity index is 1.74. The van der Waals surface area contributed by atoms with Gasteiger partial charge in [-0.1, -0.05) is 6.92 Å². The number of rotatable bonds is 3. The molecule has 0 saturated carbocycles. The highest BCUT2D eigenvalue weighted by atomic mass is 16.5. The number of aryl methyl sites for hydroxylation is 2. The molecule has 0 radical (unpaired) electrons. The molecule has 0 bridgehead atoms. The minimum absolute atomic E-state index is 0.0409. The molecule has 3 heterocycles. The highest BCUT2D eigenvalue weighted by Crippen LogP contribution is 2.21. The van der Waals surface area contributed by atoms with Gasteiger partial charge in [-0.2, -0.15) is 5.10 Å². The van der Waals surface area contributed by atoms with Crippen molar-refractivity contribution in [2.24, 2.45) is 0 Å². The van der Waals surface area contributed by atoms with Crippen LogP contribution in [0.4, 0.5) is 0 Å². The Morgan fingerprint density at radius 1 is 1.57 bits per heavy atom. The number of carbonyl (C=O) groups is 1. The molecule has 1 fully saturated rings. The molecule has 0 spiro atoms. The summed E-state index contributed by atoms with van der Waals surface area (Å²) in [6, 6.07) is 1.70. The number of morpholine rings is 1. The van der Waals surface area contributed by atoms with Crippen molar-refractivity contribution in [2.45, 2.75) is 26.4 Å². The van der Waals surface area contributed by atoms with Crippen molar-refractivity contribution in [1.29, 1.82) is 0 Å². The van der Waals surface area contributed by atoms with Crippen LogP contribution in [0.1, 0.15) is 40.8 Å². The number of nitrogens with zero attached hydrogens (tertiary/aromatic N) is 3. The Hall–Kier alpha value is -2.15. The van der Waals surface area contributed by atoms with Crippen LogP contribution < -0.4 is 0 Å². The molecule has 7 nitrogen and oxygen atoms in total. The number of furan rings is 1. The maximum atomic E-state index is 12.5. The maximum Gasteiger partial charge on any atom is 0.257 e. The predicted octanol–water partition coefficient (Wildman–Crippen LogP) is 1.48. The van der Waals surface area contributed by atoms with Crippen molar-refractivity contribution in [1.82, 2.24) is 20.1 Å². The van der Waals surface area contributed by atoms with E-state index in [1.807, 2.05) is 6.92 Å². The van der Waals surface area contributed by atoms with Crippen molar-refractivity contribution >= 4 is 5.91 Å². The van der Waals surface area contributed by atoms with E-state index in [0.29, 0.717) is 36.8 Å². The molecule has 112 valence electrons. The summed E-state index contributed by atoms with van der Waals surface area (Å²) >= 11 is 0. The van der Waals surface area contributed by atoms with Crippen molar-refractivity contribution in [3.05, 3.63) is 35.3 Å². The zero-order valence-corrected chi connectivity index (χ0v) is 12.1. The lowest BCUT2D eigenvalue weighted by Crippen LogP contribution is -2.42. The second kappa shape index (κ2) is 5.69. The van der Waals surface area contributed by atoms with E-state index in [0.717, 1.165) is 12.2 Å². The lowest BCUT2D eigenvalue weighted by atomic mass is 10.2. The van der Waals surface area contributed by atoms with Crippen LogP contribution in [0.5, 0.6) is 0 Å². The molecule has 0 unspecified atom stereocenters. The summed E-state index contributed by atoms with van der Waals surface area (Å²) < 4.78 is 10.9. The Labute approximate surface area is 122 Å². The molecule has 1 amide bonds. The van der Waals surface area contributed by atoms with Crippen LogP contribution in [-0.2, 0) is 11.2 Å². The molecule has 0 aromatic carbocycles. The van der Waals surface area contributed by atoms with E-state index in [1.165, 1.54) is 6.26 Å². The minimum Gasteiger partial charge on any atom is -0.469 e. The third kappa shape index (κ3) is 2.69. The van der Waals surface area contributed by atoms with Gasteiger partial charge in [0, 0.05) is 13.0 Å². The molecule has 1 aliphatic heterocycles. The molecule has 1 saturated heterocycles. The number of aromatic amines is 1. The van der Waals surface area contributed by atoms with Crippen LogP contribution in [-0.4, -0.2) is 45.7 Å². The molecule has 7 heteroatoms. The summed E-state index contributed by atoms with van der Waals surface area (Å²) in [6.07, 6.45) is 2.03. The summed E-state index contributed by atoms with van der Waals surface area (Å²) in [5.41, 5.74) is 0.597. The van der Waals surface area contributed by atoms with E-state index in [2.05, 4.69) is 15.2 Å². The number of H-pyrrole nitrogens is 1. The van der Waals surface area contributed by atoms with Crippen LogP contribution in [0.15, 0.2) is 16.7 Å². The lowest BCUT2D eigenvalue weighted by Gasteiger charge is -2.31. The van der Waals surface area contributed by atoms with Gasteiger partial charge in [-0.05, 0) is 13.0 Å². The minimum atomic E-state index is -0.286. The fourth-order valence-electron chi connectivity index (χ4n) is 2.38. The van der Waals surface area contributed by atoms with Gasteiger partial charge in [-0.25, -0.2) is 4.98 Å². The number of aromatic nitrogens is 3. The smallest absolute Gasteiger partial charge is 0.257 e. The number of ether oxygens (including phenoxy) is 1. The fourth-order valence-corrected chi connectivity index (χ4v) is 2.38. The summed E-state index contributed by atoms with van der Waals surface area (Å²) in [5.74, 6) is 2.02. The number of nitrogens with one attached hydrogen (secondary N) is 1. The summed E-state index contributed by atoms with van der Waals surface area (Å²) in [4.78, 5) is 18.6. The van der Waals surface area contributed by atoms with Gasteiger partial charge in [0.15, 0.2) is 5.82 Å². The first kappa shape index (κ1) is 13.8. The van der Waals surface area contributed by atoms with Crippen molar-refractivity contribution in [3.63, 3.8) is 0 Å². The second-order valence-electron chi connectivity index (χ2n) is 4.99. The molecule has 2 aromatic rings. The lowest BCUT2D eigenvalue weighted by molar-refractivity contribution is -0.0267. The van der Waals surface area contributed by atoms with Crippen molar-refractivity contribution in [3.8, 4) is 0 Å². The molecular weight excluding hydrogens is 272 g/mol. The maximum absolute atomic E-state index is 12.5. The standard InChI is InChI=1S/C14H18N4O3/c1-3-12-15-13(17-16-12)11-8-18(5-7-21-11)14(19)10-4-6-20-9(10)2/h4,6,11H,3,5,7-8H2,1-2H3,(H,15,16,17)/t11-/m0/s1. The Morgan fingerprint density at radius 2 is 2.43 bits per heavy atom. The van der Waals surface area contributed by atoms with Gasteiger partial charge in [0.25, 0.3) is 5.91 Å². The third-order valence-corrected chi connectivity index (χ3v) is 3.61. The Bertz CT molecular complexity index is 634. The number of hydrogen-bond acceptors (Lipinski definition) is 5. The average Bonchev–Trinajstić information content (AvgIpc) is 3.15. The van der Waals surface area contributed by atoms with E-state index in [1.54, 1.807) is 17.9 Å². The first-order valence-corrected chi connectivity index (χ1v) is 7.05. The van der Waals surface area contributed by atoms with Crippen LogP contribution in [0.25, 0.3) is 0 Å². The van der Waals surface area contributed by atoms with E-state index in [4.69, 9.17) is 9.15 Å². The van der Waals surface area contributed by atoms with Crippen molar-refractivity contribution < 1.29 is 13.9 Å². The molecule has 0 aliphatic carbocycles. The Kier molecular flexibility index (Phi) is 3.74. The van der Waals surface area contributed by atoms with Gasteiger partial charge in [-0.15, -0.1) is 0 Å². The van der Waals surface area contributed by atoms with E-state index < -0.39 is 0 Å². The molecule has 3 rings (SSSR count). The quantitative estimate of drug-likeness (QED) is 0.925. The topological polar surface area (TPSA) is 84.2 Å². The van der Waals surface area contributed by atoms with Gasteiger partial charge in [0.2, 0.25) is 0 Å². The SMILES string of the molecule is CCc1nc([C@@H]2CN(C(=O)c3ccoc3C)CCO2)n[nH]1. The summed E-state index contributed by atoms with van der Waals surface area (Å²) in [6.45, 7) is 5.27. The first-order chi connectivity index (χ1) is 10.2. The largest absolute Gasteiger partial charge is 0.469 e. The Morgan fingerprint density at radius 3 is 3.10 bits per heavy atom. The molecule has 1 atom stereocenters. The van der Waals surface area contributed by atoms with Crippen LogP contribution in [0, 0.1) is 6.92 Å². The van der Waals surface area contributed by atoms with Gasteiger partial charge in [0.1, 0.15) is 17.7 Å². The van der Waals surface area contributed by atoms with Gasteiger partial charge < -0.3 is 14.1 Å². The molecule has 1 N–H and O–H groups in total. The normalized spacial score (nSPS) is 19.0. The molecular formula is C14H18N4O3. The third-order valence-electron chi connectivity index (χ3n) is 3.61. The van der Waals surface area contributed by atoms with E-state index in [9.17, 15) is 4.79 Å². The number of carbonyl (C=O) groups excluding carboxylic acids is 1. The number of amides is 1.